The summed E-state index contributed by atoms with van der Waals surface area (Å²) in [6.45, 7) is 0.736. The molecule has 0 N–H and O–H groups in total. The maximum absolute atomic E-state index is 11.3. The maximum atomic E-state index is 11.3. The van der Waals surface area contributed by atoms with Gasteiger partial charge in [0, 0.05) is 36.1 Å². The summed E-state index contributed by atoms with van der Waals surface area (Å²) in [5.74, 6) is 3.07. The van der Waals surface area contributed by atoms with Crippen LogP contribution in [0.5, 0.6) is 17.2 Å². The van der Waals surface area contributed by atoms with Gasteiger partial charge in [-0.05, 0) is 12.1 Å². The van der Waals surface area contributed by atoms with Crippen molar-refractivity contribution in [3.8, 4) is 17.2 Å². The quantitative estimate of drug-likeness (QED) is 0.333. The molecule has 1 atom stereocenters. The van der Waals surface area contributed by atoms with E-state index in [1.54, 1.807) is 0 Å². The van der Waals surface area contributed by atoms with Gasteiger partial charge < -0.3 is 23.5 Å². The number of benzene rings is 2. The number of hydrogen-bond donors (Lipinski definition) is 0. The summed E-state index contributed by atoms with van der Waals surface area (Å²) in [4.78, 5) is 10.9. The molecule has 2 aliphatic rings. The van der Waals surface area contributed by atoms with Gasteiger partial charge in [0.05, 0.1) is 11.5 Å². The first-order valence-corrected chi connectivity index (χ1v) is 10.5. The molecule has 0 amide bonds. The monoisotopic (exact) mass is 442 g/mol. The summed E-state index contributed by atoms with van der Waals surface area (Å²) < 4.78 is 24.5. The van der Waals surface area contributed by atoms with Gasteiger partial charge in [0.25, 0.3) is 5.69 Å². The summed E-state index contributed by atoms with van der Waals surface area (Å²) in [6, 6.07) is 10.5. The molecule has 5 rings (SSSR count). The highest BCUT2D eigenvalue weighted by Crippen LogP contribution is 2.38. The van der Waals surface area contributed by atoms with Crippen molar-refractivity contribution in [1.29, 1.82) is 0 Å². The van der Waals surface area contributed by atoms with Crippen molar-refractivity contribution >= 4 is 17.4 Å². The molecule has 160 valence electrons. The van der Waals surface area contributed by atoms with Crippen LogP contribution in [0.2, 0.25) is 0 Å². The number of para-hydroxylation sites is 2. The molecule has 0 saturated carbocycles. The zero-order valence-electron chi connectivity index (χ0n) is 16.5. The Hall–Kier alpha value is -3.31. The molecular weight excluding hydrogens is 424 g/mol. The Balaban J connectivity index is 1.35. The fourth-order valence-corrected chi connectivity index (χ4v) is 4.40. The van der Waals surface area contributed by atoms with Crippen molar-refractivity contribution in [3.63, 3.8) is 0 Å². The zero-order chi connectivity index (χ0) is 21.4. The Labute approximate surface area is 181 Å². The smallest absolute Gasteiger partial charge is 0.270 e. The van der Waals surface area contributed by atoms with Crippen LogP contribution in [-0.2, 0) is 24.1 Å². The Kier molecular flexibility index (Phi) is 5.12. The molecule has 0 radical (unpaired) electrons. The number of nitro benzene ring substituents is 1. The standard InChI is InChI=1S/C20H18N4O6S/c1-23-19(17-9-28-15-4-2-3-5-16(15)30-17)21-22-20(23)31-10-13-7-14(24(25)26)6-12-8-27-11-29-18(12)13/h2-7,17H,8-11H2,1H3/t17-/m0/s1. The van der Waals surface area contributed by atoms with E-state index in [0.29, 0.717) is 51.7 Å². The van der Waals surface area contributed by atoms with Gasteiger partial charge in [-0.3, -0.25) is 10.1 Å². The van der Waals surface area contributed by atoms with Crippen LogP contribution < -0.4 is 14.2 Å². The highest BCUT2D eigenvalue weighted by atomic mass is 32.2. The number of hydrogen-bond acceptors (Lipinski definition) is 9. The lowest BCUT2D eigenvalue weighted by Gasteiger charge is -2.25. The van der Waals surface area contributed by atoms with Crippen LogP contribution >= 0.6 is 11.8 Å². The molecule has 2 aliphatic heterocycles. The minimum absolute atomic E-state index is 0.00789. The van der Waals surface area contributed by atoms with Crippen LogP contribution in [0.15, 0.2) is 41.6 Å². The molecule has 2 aromatic carbocycles. The Bertz CT molecular complexity index is 1150. The van der Waals surface area contributed by atoms with Gasteiger partial charge in [0.1, 0.15) is 12.4 Å². The number of fused-ring (bicyclic) bond motifs is 2. The van der Waals surface area contributed by atoms with E-state index in [-0.39, 0.29) is 25.2 Å². The summed E-state index contributed by atoms with van der Waals surface area (Å²) >= 11 is 1.41. The summed E-state index contributed by atoms with van der Waals surface area (Å²) in [5, 5.41) is 20.5. The van der Waals surface area contributed by atoms with Crippen LogP contribution in [0.1, 0.15) is 23.1 Å². The minimum atomic E-state index is -0.415. The molecule has 11 heteroatoms. The van der Waals surface area contributed by atoms with Gasteiger partial charge in [-0.25, -0.2) is 0 Å². The normalized spacial score (nSPS) is 17.0. The number of nitrogens with zero attached hydrogens (tertiary/aromatic N) is 4. The third-order valence-electron chi connectivity index (χ3n) is 5.00. The van der Waals surface area contributed by atoms with Crippen molar-refractivity contribution in [2.24, 2.45) is 7.05 Å². The molecule has 3 aromatic rings. The van der Waals surface area contributed by atoms with Crippen LogP contribution in [0.25, 0.3) is 0 Å². The highest BCUT2D eigenvalue weighted by Gasteiger charge is 2.28. The highest BCUT2D eigenvalue weighted by molar-refractivity contribution is 7.98. The zero-order valence-corrected chi connectivity index (χ0v) is 17.3. The van der Waals surface area contributed by atoms with E-state index >= 15 is 0 Å². The van der Waals surface area contributed by atoms with Crippen LogP contribution in [-0.4, -0.2) is 33.1 Å². The molecule has 0 bridgehead atoms. The molecule has 3 heterocycles. The topological polar surface area (TPSA) is 111 Å². The van der Waals surface area contributed by atoms with E-state index < -0.39 is 4.92 Å². The van der Waals surface area contributed by atoms with Crippen LogP contribution in [0.3, 0.4) is 0 Å². The Morgan fingerprint density at radius 3 is 2.90 bits per heavy atom. The summed E-state index contributed by atoms with van der Waals surface area (Å²) in [7, 11) is 1.86. The number of non-ortho nitro benzene ring substituents is 1. The predicted molar refractivity (Wildman–Crippen MR) is 109 cm³/mol. The third kappa shape index (κ3) is 3.77. The SMILES string of the molecule is Cn1c(SCc2cc([N+](=O)[O-])cc3c2OCOC3)nnc1[C@@H]1COc2ccccc2O1. The van der Waals surface area contributed by atoms with E-state index in [4.69, 9.17) is 18.9 Å². The van der Waals surface area contributed by atoms with Crippen molar-refractivity contribution in [2.45, 2.75) is 23.6 Å². The molecule has 31 heavy (non-hydrogen) atoms. The second-order valence-corrected chi connectivity index (χ2v) is 7.96. The summed E-state index contributed by atoms with van der Waals surface area (Å²) in [6.07, 6.45) is -0.382. The summed E-state index contributed by atoms with van der Waals surface area (Å²) in [5.41, 5.74) is 1.39. The second kappa shape index (κ2) is 8.08. The molecule has 0 fully saturated rings. The second-order valence-electron chi connectivity index (χ2n) is 7.01. The first-order chi connectivity index (χ1) is 15.1. The average Bonchev–Trinajstić information content (AvgIpc) is 3.17. The van der Waals surface area contributed by atoms with Gasteiger partial charge >= 0.3 is 0 Å². The maximum Gasteiger partial charge on any atom is 0.270 e. The molecule has 0 aliphatic carbocycles. The van der Waals surface area contributed by atoms with Gasteiger partial charge in [-0.1, -0.05) is 23.9 Å². The lowest BCUT2D eigenvalue weighted by atomic mass is 10.1. The fraction of sp³-hybridized carbons (Fsp3) is 0.300. The van der Waals surface area contributed by atoms with E-state index in [1.807, 2.05) is 35.9 Å². The number of rotatable bonds is 5. The van der Waals surface area contributed by atoms with E-state index in [2.05, 4.69) is 10.2 Å². The molecule has 1 aromatic heterocycles. The van der Waals surface area contributed by atoms with E-state index in [0.717, 1.165) is 0 Å². The average molecular weight is 442 g/mol. The van der Waals surface area contributed by atoms with Gasteiger partial charge in [-0.2, -0.15) is 0 Å². The third-order valence-corrected chi connectivity index (χ3v) is 6.07. The predicted octanol–water partition coefficient (Wildman–Crippen LogP) is 3.39. The molecule has 0 spiro atoms. The first kappa shape index (κ1) is 19.6. The van der Waals surface area contributed by atoms with Gasteiger partial charge in [-0.15, -0.1) is 10.2 Å². The Morgan fingerprint density at radius 2 is 2.06 bits per heavy atom. The largest absolute Gasteiger partial charge is 0.485 e. The number of ether oxygens (including phenoxy) is 4. The molecular formula is C20H18N4O6S. The van der Waals surface area contributed by atoms with E-state index in [1.165, 1.54) is 23.9 Å². The lowest BCUT2D eigenvalue weighted by molar-refractivity contribution is -0.385. The number of thioether (sulfide) groups is 1. The van der Waals surface area contributed by atoms with Gasteiger partial charge in [0.2, 0.25) is 0 Å². The van der Waals surface area contributed by atoms with Crippen LogP contribution in [0, 0.1) is 10.1 Å². The van der Waals surface area contributed by atoms with Gasteiger partial charge in [0.15, 0.2) is 35.4 Å². The van der Waals surface area contributed by atoms with Crippen LogP contribution in [0.4, 0.5) is 5.69 Å². The molecule has 0 saturated heterocycles. The van der Waals surface area contributed by atoms with Crippen molar-refractivity contribution in [3.05, 3.63) is 63.5 Å². The minimum Gasteiger partial charge on any atom is -0.485 e. The number of nitro groups is 1. The Morgan fingerprint density at radius 1 is 1.23 bits per heavy atom. The first-order valence-electron chi connectivity index (χ1n) is 9.51. The number of aromatic nitrogens is 3. The fourth-order valence-electron chi connectivity index (χ4n) is 3.51. The molecule has 10 nitrogen and oxygen atoms in total. The van der Waals surface area contributed by atoms with Crippen molar-refractivity contribution < 1.29 is 23.9 Å². The van der Waals surface area contributed by atoms with Crippen molar-refractivity contribution in [2.75, 3.05) is 13.4 Å². The van der Waals surface area contributed by atoms with E-state index in [9.17, 15) is 10.1 Å². The molecule has 0 unspecified atom stereocenters. The van der Waals surface area contributed by atoms with Crippen molar-refractivity contribution in [1.82, 2.24) is 14.8 Å². The lowest BCUT2D eigenvalue weighted by Crippen LogP contribution is -2.24.